The highest BCUT2D eigenvalue weighted by Gasteiger charge is 2.22. The van der Waals surface area contributed by atoms with E-state index in [1.54, 1.807) is 0 Å². The highest BCUT2D eigenvalue weighted by Crippen LogP contribution is 2.16. The van der Waals surface area contributed by atoms with E-state index in [1.165, 1.54) is 148 Å². The summed E-state index contributed by atoms with van der Waals surface area (Å²) in [4.78, 5) is 37.4. The molecule has 0 aliphatic heterocycles. The van der Waals surface area contributed by atoms with Crippen LogP contribution in [0.3, 0.4) is 0 Å². The van der Waals surface area contributed by atoms with Crippen molar-refractivity contribution in [3.63, 3.8) is 0 Å². The summed E-state index contributed by atoms with van der Waals surface area (Å²) in [6.07, 6.45) is 78.9. The first-order chi connectivity index (χ1) is 38.6. The minimum absolute atomic E-state index is 0.143. The van der Waals surface area contributed by atoms with E-state index in [4.69, 9.17) is 18.9 Å². The van der Waals surface area contributed by atoms with Crippen LogP contribution in [0.5, 0.6) is 0 Å². The van der Waals surface area contributed by atoms with E-state index in [2.05, 4.69) is 111 Å². The van der Waals surface area contributed by atoms with Crippen LogP contribution in [0, 0.1) is 0 Å². The molecule has 0 aromatic rings. The lowest BCUT2D eigenvalue weighted by atomic mass is 10.0. The van der Waals surface area contributed by atoms with Crippen LogP contribution in [0.25, 0.3) is 0 Å². The van der Waals surface area contributed by atoms with Crippen molar-refractivity contribution in [2.45, 2.75) is 283 Å². The number of ether oxygens (including phenoxy) is 4. The Labute approximate surface area is 486 Å². The van der Waals surface area contributed by atoms with E-state index in [0.717, 1.165) is 89.9 Å². The molecule has 0 fully saturated rings. The number of carboxylic acid groups (broad SMARTS) is 1. The quantitative estimate of drug-likeness (QED) is 0.0195. The molecule has 0 radical (unpaired) electrons. The van der Waals surface area contributed by atoms with Crippen molar-refractivity contribution in [3.8, 4) is 0 Å². The van der Waals surface area contributed by atoms with Crippen LogP contribution in [-0.4, -0.2) is 82.3 Å². The molecule has 0 saturated carbocycles. The van der Waals surface area contributed by atoms with Crippen molar-refractivity contribution in [1.29, 1.82) is 0 Å². The predicted octanol–water partition coefficient (Wildman–Crippen LogP) is 18.4. The standard InChI is InChI=1S/C70H121NO8/c1-6-8-10-12-14-16-18-20-22-24-26-28-30-31-32-33-34-35-36-37-39-41-43-45-47-49-51-53-55-57-59-61-68(73)79-66(65-78-70(69(74)75)76-63-62-71(3,4)5)64-77-67(72)60-58-56-54-52-50-48-46-44-42-40-38-29-27-25-23-21-19-17-15-13-11-9-7-2/h8,10,14,16,20,22,25-28,31-32,34-35,37,39,66,70H,6-7,9,11-13,15,17-19,21,23-24,29-30,33,36,38,40-65H2,1-5H3/b10-8-,16-14-,22-20-,27-25-,28-26-,32-31-,35-34-,39-37-. The number of carbonyl (C=O) groups excluding carboxylic acids is 3. The van der Waals surface area contributed by atoms with Crippen LogP contribution in [0.2, 0.25) is 0 Å². The van der Waals surface area contributed by atoms with E-state index in [9.17, 15) is 19.5 Å². The molecule has 0 aliphatic rings. The minimum atomic E-state index is -1.63. The number of carboxylic acids is 1. The van der Waals surface area contributed by atoms with E-state index in [-0.39, 0.29) is 38.6 Å². The first-order valence-corrected chi connectivity index (χ1v) is 32.4. The number of quaternary nitrogens is 1. The fourth-order valence-electron chi connectivity index (χ4n) is 8.87. The molecule has 9 nitrogen and oxygen atoms in total. The molecule has 454 valence electrons. The average Bonchev–Trinajstić information content (AvgIpc) is 3.42. The molecular formula is C70H121NO8. The monoisotopic (exact) mass is 1100 g/mol. The molecule has 2 unspecified atom stereocenters. The summed E-state index contributed by atoms with van der Waals surface area (Å²) in [7, 11) is 5.92. The smallest absolute Gasteiger partial charge is 0.306 e. The third kappa shape index (κ3) is 61.7. The van der Waals surface area contributed by atoms with Crippen LogP contribution < -0.4 is 5.11 Å². The van der Waals surface area contributed by atoms with Crippen LogP contribution in [0.4, 0.5) is 0 Å². The number of esters is 2. The van der Waals surface area contributed by atoms with E-state index in [0.29, 0.717) is 17.4 Å². The third-order valence-electron chi connectivity index (χ3n) is 13.8. The Morgan fingerprint density at radius 1 is 0.392 bits per heavy atom. The Kier molecular flexibility index (Phi) is 57.4. The molecule has 0 N–H and O–H groups in total. The highest BCUT2D eigenvalue weighted by molar-refractivity contribution is 5.70. The number of carbonyl (C=O) groups is 3. The van der Waals surface area contributed by atoms with Crippen molar-refractivity contribution in [1.82, 2.24) is 0 Å². The van der Waals surface area contributed by atoms with Crippen molar-refractivity contribution in [2.75, 3.05) is 47.5 Å². The lowest BCUT2D eigenvalue weighted by molar-refractivity contribution is -0.870. The van der Waals surface area contributed by atoms with Gasteiger partial charge in [0.2, 0.25) is 0 Å². The molecule has 0 aromatic carbocycles. The van der Waals surface area contributed by atoms with Gasteiger partial charge in [0.15, 0.2) is 12.4 Å². The molecule has 0 saturated heterocycles. The molecule has 0 rings (SSSR count). The second-order valence-corrected chi connectivity index (χ2v) is 22.7. The second-order valence-electron chi connectivity index (χ2n) is 22.7. The van der Waals surface area contributed by atoms with Crippen LogP contribution in [0.1, 0.15) is 271 Å². The number of hydrogen-bond donors (Lipinski definition) is 0. The zero-order chi connectivity index (χ0) is 57.6. The van der Waals surface area contributed by atoms with Gasteiger partial charge in [-0.25, -0.2) is 0 Å². The zero-order valence-electron chi connectivity index (χ0n) is 51.7. The van der Waals surface area contributed by atoms with Gasteiger partial charge in [-0.2, -0.15) is 0 Å². The molecular weight excluding hydrogens is 983 g/mol. The second kappa shape index (κ2) is 60.3. The van der Waals surface area contributed by atoms with Crippen molar-refractivity contribution in [3.05, 3.63) is 97.2 Å². The molecule has 2 atom stereocenters. The first-order valence-electron chi connectivity index (χ1n) is 32.4. The van der Waals surface area contributed by atoms with Gasteiger partial charge >= 0.3 is 11.9 Å². The SMILES string of the molecule is CC/C=C\C/C=C\C/C=C\C/C=C\C/C=C\C/C=C\C/C=C\CCCCCCCCCCCC(=O)OC(COC(=O)CCCCCCCCCCCCC/C=C\CCCCCCCCCC)COC(OCC[N+](C)(C)C)C(=O)[O-]. The Morgan fingerprint density at radius 3 is 1.09 bits per heavy atom. The summed E-state index contributed by atoms with van der Waals surface area (Å²) in [6, 6.07) is 0. The largest absolute Gasteiger partial charge is 0.545 e. The summed E-state index contributed by atoms with van der Waals surface area (Å²) in [5.74, 6) is -2.29. The molecule has 79 heavy (non-hydrogen) atoms. The lowest BCUT2D eigenvalue weighted by Crippen LogP contribution is -2.44. The Morgan fingerprint density at radius 2 is 0.722 bits per heavy atom. The molecule has 0 amide bonds. The topological polar surface area (TPSA) is 111 Å². The molecule has 0 heterocycles. The van der Waals surface area contributed by atoms with Gasteiger partial charge in [-0.15, -0.1) is 0 Å². The number of nitrogens with zero attached hydrogens (tertiary/aromatic N) is 1. The first kappa shape index (κ1) is 75.2. The van der Waals surface area contributed by atoms with Crippen LogP contribution in [0.15, 0.2) is 97.2 Å². The van der Waals surface area contributed by atoms with Crippen LogP contribution in [-0.2, 0) is 33.3 Å². The van der Waals surface area contributed by atoms with Gasteiger partial charge < -0.3 is 33.3 Å². The van der Waals surface area contributed by atoms with E-state index < -0.39 is 24.3 Å². The zero-order valence-corrected chi connectivity index (χ0v) is 51.7. The lowest BCUT2D eigenvalue weighted by Gasteiger charge is -2.26. The molecule has 0 aromatic heterocycles. The number of likely N-dealkylation sites (N-methyl/N-ethyl adjacent to an activating group) is 1. The van der Waals surface area contributed by atoms with E-state index >= 15 is 0 Å². The number of rotatable bonds is 59. The minimum Gasteiger partial charge on any atom is -0.545 e. The fourth-order valence-corrected chi connectivity index (χ4v) is 8.87. The summed E-state index contributed by atoms with van der Waals surface area (Å²) >= 11 is 0. The Bertz CT molecular complexity index is 1620. The van der Waals surface area contributed by atoms with Gasteiger partial charge in [-0.05, 0) is 96.3 Å². The highest BCUT2D eigenvalue weighted by atomic mass is 16.7. The molecule has 0 aliphatic carbocycles. The summed E-state index contributed by atoms with van der Waals surface area (Å²) in [5, 5.41) is 11.8. The van der Waals surface area contributed by atoms with Crippen molar-refractivity contribution >= 4 is 17.9 Å². The Hall–Kier alpha value is -3.79. The third-order valence-corrected chi connectivity index (χ3v) is 13.8. The van der Waals surface area contributed by atoms with Gasteiger partial charge in [0.1, 0.15) is 13.2 Å². The summed E-state index contributed by atoms with van der Waals surface area (Å²) in [5.41, 5.74) is 0. The Balaban J connectivity index is 4.21. The summed E-state index contributed by atoms with van der Waals surface area (Å²) in [6.45, 7) is 4.64. The maximum atomic E-state index is 12.9. The van der Waals surface area contributed by atoms with Gasteiger partial charge in [-0.3, -0.25) is 9.59 Å². The number of hydrogen-bond acceptors (Lipinski definition) is 8. The van der Waals surface area contributed by atoms with Gasteiger partial charge in [-0.1, -0.05) is 259 Å². The van der Waals surface area contributed by atoms with Crippen LogP contribution >= 0.6 is 0 Å². The van der Waals surface area contributed by atoms with Gasteiger partial charge in [0.05, 0.1) is 40.3 Å². The maximum Gasteiger partial charge on any atom is 0.306 e. The number of allylic oxidation sites excluding steroid dienone is 16. The molecule has 0 spiro atoms. The molecule has 9 heteroatoms. The van der Waals surface area contributed by atoms with Gasteiger partial charge in [0, 0.05) is 12.8 Å². The number of unbranched alkanes of at least 4 members (excludes halogenated alkanes) is 28. The summed E-state index contributed by atoms with van der Waals surface area (Å²) < 4.78 is 22.8. The van der Waals surface area contributed by atoms with E-state index in [1.807, 2.05) is 21.1 Å². The number of aliphatic carboxylic acids is 1. The maximum absolute atomic E-state index is 12.9. The average molecular weight is 1100 g/mol. The molecule has 0 bridgehead atoms. The normalized spacial score (nSPS) is 13.4. The van der Waals surface area contributed by atoms with Gasteiger partial charge in [0.25, 0.3) is 0 Å². The fraction of sp³-hybridized carbons (Fsp3) is 0.729. The predicted molar refractivity (Wildman–Crippen MR) is 334 cm³/mol. The van der Waals surface area contributed by atoms with Crippen molar-refractivity contribution in [2.24, 2.45) is 0 Å². The van der Waals surface area contributed by atoms with Crippen molar-refractivity contribution < 1.29 is 42.9 Å².